The Morgan fingerprint density at radius 3 is 1.95 bits per heavy atom. The summed E-state index contributed by atoms with van der Waals surface area (Å²) in [6.45, 7) is 30.7. The number of ether oxygens (including phenoxy) is 1. The molecule has 244 valence electrons. The maximum absolute atomic E-state index is 12.4. The van der Waals surface area contributed by atoms with Crippen molar-refractivity contribution in [2.24, 2.45) is 0 Å². The van der Waals surface area contributed by atoms with Crippen molar-refractivity contribution in [2.75, 3.05) is 0 Å². The molecule has 0 amide bonds. The number of hydrogen-bond acceptors (Lipinski definition) is 6. The topological polar surface area (TPSA) is 74.2 Å². The molecule has 0 fully saturated rings. The van der Waals surface area contributed by atoms with Gasteiger partial charge in [-0.25, -0.2) is 4.79 Å². The van der Waals surface area contributed by atoms with Gasteiger partial charge in [-0.1, -0.05) is 97.1 Å². The molecule has 10 heteroatoms. The summed E-state index contributed by atoms with van der Waals surface area (Å²) in [5.74, 6) is -0.391. The van der Waals surface area contributed by atoms with Gasteiger partial charge < -0.3 is 23.1 Å². The SMILES string of the molecule is CC[Si](CC)(CC)O[C@](C)(C=C[C@@H]1OC(=O)C=C[C@@H]1O[Si](C)(C)C(C)(C)C)[C@H](O)C[C@H](/C=C\I)O[Si](C)(C)C(C)(C)C. The molecule has 0 saturated carbocycles. The van der Waals surface area contributed by atoms with E-state index in [1.165, 1.54) is 6.08 Å². The molecule has 5 atom stereocenters. The van der Waals surface area contributed by atoms with Crippen LogP contribution >= 0.6 is 22.6 Å². The Kier molecular flexibility index (Phi) is 14.7. The molecule has 0 aliphatic carbocycles. The molecule has 6 nitrogen and oxygen atoms in total. The van der Waals surface area contributed by atoms with E-state index in [1.54, 1.807) is 0 Å². The Balaban J connectivity index is 3.52. The maximum atomic E-state index is 12.4. The summed E-state index contributed by atoms with van der Waals surface area (Å²) >= 11 is 2.22. The van der Waals surface area contributed by atoms with Gasteiger partial charge in [-0.15, -0.1) is 0 Å². The van der Waals surface area contributed by atoms with Crippen molar-refractivity contribution in [3.63, 3.8) is 0 Å². The third-order valence-electron chi connectivity index (χ3n) is 9.88. The number of rotatable bonds is 15. The fourth-order valence-electron chi connectivity index (χ4n) is 4.48. The van der Waals surface area contributed by atoms with Crippen molar-refractivity contribution in [3.05, 3.63) is 34.5 Å². The normalized spacial score (nSPS) is 22.4. The molecular weight excluding hydrogens is 692 g/mol. The first-order chi connectivity index (χ1) is 19.0. The summed E-state index contributed by atoms with van der Waals surface area (Å²) < 4.78 is 28.3. The molecule has 0 aromatic rings. The van der Waals surface area contributed by atoms with E-state index in [2.05, 4.69) is 111 Å². The van der Waals surface area contributed by atoms with Gasteiger partial charge in [-0.2, -0.15) is 0 Å². The van der Waals surface area contributed by atoms with Gasteiger partial charge in [0.1, 0.15) is 12.2 Å². The van der Waals surface area contributed by atoms with Crippen LogP contribution in [0.25, 0.3) is 0 Å². The number of aliphatic hydroxyl groups is 1. The summed E-state index contributed by atoms with van der Waals surface area (Å²) in [4.78, 5) is 12.4. The minimum Gasteiger partial charge on any atom is -0.452 e. The zero-order chi connectivity index (χ0) is 32.8. The van der Waals surface area contributed by atoms with E-state index in [1.807, 2.05) is 35.3 Å². The molecule has 1 heterocycles. The quantitative estimate of drug-likeness (QED) is 0.0779. The Morgan fingerprint density at radius 2 is 1.50 bits per heavy atom. The molecule has 0 unspecified atom stereocenters. The second-order valence-electron chi connectivity index (χ2n) is 15.0. The third-order valence-corrected chi connectivity index (χ3v) is 24.0. The van der Waals surface area contributed by atoms with Crippen LogP contribution in [0, 0.1) is 0 Å². The predicted molar refractivity (Wildman–Crippen MR) is 193 cm³/mol. The van der Waals surface area contributed by atoms with Gasteiger partial charge in [0.25, 0.3) is 0 Å². The lowest BCUT2D eigenvalue weighted by Gasteiger charge is -2.44. The highest BCUT2D eigenvalue weighted by Crippen LogP contribution is 2.40. The standard InChI is InChI=1S/C32H61IO6Si3/c1-15-42(16-2,17-3)39-32(10,28(34)24-25(21-23-33)37-40(11,12)30(4,5)6)22-20-26-27(18-19-29(35)36-26)38-41(13,14)31(7,8)9/h18-23,25-28,34H,15-17,24H2,1-14H3/b22-20?,23-21-/t25-,26-,27-,28+,32+/m0/s1. The van der Waals surface area contributed by atoms with Crippen molar-refractivity contribution in [3.8, 4) is 0 Å². The second kappa shape index (κ2) is 15.5. The highest BCUT2D eigenvalue weighted by atomic mass is 127. The summed E-state index contributed by atoms with van der Waals surface area (Å²) in [6, 6.07) is 2.85. The molecule has 0 aromatic heterocycles. The number of cyclic esters (lactones) is 1. The van der Waals surface area contributed by atoms with Gasteiger partial charge in [-0.3, -0.25) is 0 Å². The van der Waals surface area contributed by atoms with Crippen LogP contribution in [-0.2, 0) is 22.8 Å². The van der Waals surface area contributed by atoms with Gasteiger partial charge in [0.05, 0.1) is 17.8 Å². The monoisotopic (exact) mass is 752 g/mol. The van der Waals surface area contributed by atoms with Crippen LogP contribution in [0.4, 0.5) is 0 Å². The van der Waals surface area contributed by atoms with Crippen molar-refractivity contribution in [1.82, 2.24) is 0 Å². The highest BCUT2D eigenvalue weighted by molar-refractivity contribution is 14.1. The first-order valence-corrected chi connectivity index (χ1v) is 25.2. The van der Waals surface area contributed by atoms with Gasteiger partial charge in [0, 0.05) is 12.5 Å². The average Bonchev–Trinajstić information content (AvgIpc) is 2.86. The lowest BCUT2D eigenvalue weighted by molar-refractivity contribution is -0.145. The van der Waals surface area contributed by atoms with E-state index >= 15 is 0 Å². The molecule has 0 aromatic carbocycles. The molecule has 42 heavy (non-hydrogen) atoms. The Bertz CT molecular complexity index is 954. The molecule has 1 N–H and O–H groups in total. The van der Waals surface area contributed by atoms with Gasteiger partial charge in [-0.05, 0) is 77.6 Å². The molecule has 0 saturated heterocycles. The first-order valence-electron chi connectivity index (χ1n) is 15.6. The number of aliphatic hydroxyl groups excluding tert-OH is 1. The number of hydrogen-bond donors (Lipinski definition) is 1. The third kappa shape index (κ3) is 10.8. The molecule has 1 aliphatic rings. The van der Waals surface area contributed by atoms with E-state index in [0.717, 1.165) is 18.1 Å². The number of esters is 1. The molecular formula is C32H61IO6Si3. The predicted octanol–water partition coefficient (Wildman–Crippen LogP) is 9.29. The lowest BCUT2D eigenvalue weighted by atomic mass is 9.93. The summed E-state index contributed by atoms with van der Waals surface area (Å²) in [7, 11) is -6.39. The Hall–Kier alpha value is -0.0894. The van der Waals surface area contributed by atoms with Crippen molar-refractivity contribution < 1.29 is 27.9 Å². The largest absolute Gasteiger partial charge is 0.452 e. The Morgan fingerprint density at radius 1 is 0.976 bits per heavy atom. The van der Waals surface area contributed by atoms with Crippen molar-refractivity contribution in [1.29, 1.82) is 0 Å². The lowest BCUT2D eigenvalue weighted by Crippen LogP contribution is -2.53. The van der Waals surface area contributed by atoms with E-state index in [9.17, 15) is 9.90 Å². The van der Waals surface area contributed by atoms with Crippen LogP contribution < -0.4 is 0 Å². The number of halogens is 1. The molecule has 1 aliphatic heterocycles. The zero-order valence-electron chi connectivity index (χ0n) is 29.0. The molecule has 0 radical (unpaired) electrons. The number of carbonyl (C=O) groups excluding carboxylic acids is 1. The minimum absolute atomic E-state index is 0.00426. The van der Waals surface area contributed by atoms with Gasteiger partial charge in [0.15, 0.2) is 25.0 Å². The van der Waals surface area contributed by atoms with E-state index in [-0.39, 0.29) is 16.2 Å². The molecule has 0 spiro atoms. The van der Waals surface area contributed by atoms with Crippen LogP contribution in [0.1, 0.15) is 75.7 Å². The highest BCUT2D eigenvalue weighted by Gasteiger charge is 2.45. The second-order valence-corrected chi connectivity index (χ2v) is 29.9. The van der Waals surface area contributed by atoms with Gasteiger partial charge in [0.2, 0.25) is 0 Å². The first kappa shape index (κ1) is 39.9. The fraction of sp³-hybridized carbons (Fsp3) is 0.781. The molecule has 1 rings (SSSR count). The Labute approximate surface area is 274 Å². The van der Waals surface area contributed by atoms with E-state index in [4.69, 9.17) is 18.0 Å². The number of carbonyl (C=O) groups is 1. The summed E-state index contributed by atoms with van der Waals surface area (Å²) in [6.07, 6.45) is 7.39. The maximum Gasteiger partial charge on any atom is 0.331 e. The van der Waals surface area contributed by atoms with Crippen LogP contribution in [0.5, 0.6) is 0 Å². The van der Waals surface area contributed by atoms with Crippen LogP contribution in [-0.4, -0.2) is 66.0 Å². The van der Waals surface area contributed by atoms with Crippen LogP contribution in [0.15, 0.2) is 34.5 Å². The van der Waals surface area contributed by atoms with Crippen LogP contribution in [0.2, 0.25) is 54.4 Å². The van der Waals surface area contributed by atoms with Crippen LogP contribution in [0.3, 0.4) is 0 Å². The van der Waals surface area contributed by atoms with Crippen molar-refractivity contribution in [2.45, 2.75) is 160 Å². The minimum atomic E-state index is -2.15. The van der Waals surface area contributed by atoms with E-state index < -0.39 is 54.8 Å². The van der Waals surface area contributed by atoms with Crippen molar-refractivity contribution >= 4 is 53.5 Å². The summed E-state index contributed by atoms with van der Waals surface area (Å²) in [5, 5.41) is 12.0. The fourth-order valence-corrected chi connectivity index (χ4v) is 10.5. The average molecular weight is 753 g/mol. The smallest absolute Gasteiger partial charge is 0.331 e. The van der Waals surface area contributed by atoms with E-state index in [0.29, 0.717) is 6.42 Å². The molecule has 0 bridgehead atoms. The van der Waals surface area contributed by atoms with Gasteiger partial charge >= 0.3 is 5.97 Å². The summed E-state index contributed by atoms with van der Waals surface area (Å²) in [5.41, 5.74) is -1.00. The zero-order valence-corrected chi connectivity index (χ0v) is 34.1.